The molecule has 0 radical (unpaired) electrons. The molecule has 0 saturated carbocycles. The standard InChI is InChI=1S/C9H13N2O9P.Na.H/c12-6-1-2-11(8(14)10-6)9(15)7(13)5(3-20-9)19-4-21(16,17)18;;/h1-2,5,7,13,15H,3-4H2,(H,10,12,14)(H2,16,17,18);;/q;+1;-1/t5-,7+,9-;;/m1../s1. The van der Waals surface area contributed by atoms with Gasteiger partial charge in [0.1, 0.15) is 12.5 Å². The SMILES string of the molecule is O=c1ccn([C@]2(O)OC[C@@H](OCP(=O)(O)O)[C@@H]2O)c(=O)[nH]1.[H-].[Na+]. The molecule has 1 aromatic rings. The van der Waals surface area contributed by atoms with Gasteiger partial charge in [0.2, 0.25) is 0 Å². The third kappa shape index (κ3) is 4.15. The number of hydrogen-bond donors (Lipinski definition) is 5. The quantitative estimate of drug-likeness (QED) is 0.262. The smallest absolute Gasteiger partial charge is 1.00 e. The van der Waals surface area contributed by atoms with Gasteiger partial charge >= 0.3 is 42.8 Å². The summed E-state index contributed by atoms with van der Waals surface area (Å²) in [5.74, 6) is -2.51. The molecule has 0 aliphatic carbocycles. The van der Waals surface area contributed by atoms with Gasteiger partial charge in [-0.15, -0.1) is 0 Å². The summed E-state index contributed by atoms with van der Waals surface area (Å²) >= 11 is 0. The summed E-state index contributed by atoms with van der Waals surface area (Å²) in [5.41, 5.74) is -1.73. The normalized spacial score (nSPS) is 28.4. The summed E-state index contributed by atoms with van der Waals surface area (Å²) in [5, 5.41) is 20.1. The maximum absolute atomic E-state index is 11.6. The van der Waals surface area contributed by atoms with Crippen molar-refractivity contribution >= 4 is 7.60 Å². The number of H-pyrrole nitrogens is 1. The molecule has 5 N–H and O–H groups in total. The second-order valence-corrected chi connectivity index (χ2v) is 5.98. The van der Waals surface area contributed by atoms with Crippen molar-refractivity contribution in [2.75, 3.05) is 13.0 Å². The van der Waals surface area contributed by atoms with Crippen LogP contribution in [0.25, 0.3) is 0 Å². The van der Waals surface area contributed by atoms with Crippen molar-refractivity contribution < 1.29 is 65.0 Å². The number of rotatable bonds is 4. The summed E-state index contributed by atoms with van der Waals surface area (Å²) in [6, 6.07) is 0.930. The zero-order chi connectivity index (χ0) is 15.8. The van der Waals surface area contributed by atoms with E-state index in [1.165, 1.54) is 0 Å². The predicted octanol–water partition coefficient (Wildman–Crippen LogP) is -5.83. The van der Waals surface area contributed by atoms with Crippen LogP contribution in [0.5, 0.6) is 0 Å². The van der Waals surface area contributed by atoms with Gasteiger partial charge in [-0.1, -0.05) is 0 Å². The Morgan fingerprint density at radius 1 is 1.55 bits per heavy atom. The van der Waals surface area contributed by atoms with Crippen molar-refractivity contribution in [2.45, 2.75) is 18.1 Å². The number of aliphatic hydroxyl groups is 2. The van der Waals surface area contributed by atoms with E-state index in [1.54, 1.807) is 0 Å². The number of aromatic nitrogens is 2. The maximum atomic E-state index is 11.6. The van der Waals surface area contributed by atoms with Crippen LogP contribution in [0.1, 0.15) is 1.43 Å². The van der Waals surface area contributed by atoms with E-state index in [-0.39, 0.29) is 31.0 Å². The van der Waals surface area contributed by atoms with Crippen molar-refractivity contribution in [1.82, 2.24) is 9.55 Å². The first-order valence-corrected chi connectivity index (χ1v) is 7.46. The van der Waals surface area contributed by atoms with E-state index < -0.39 is 49.9 Å². The molecule has 1 aliphatic heterocycles. The molecule has 2 heterocycles. The van der Waals surface area contributed by atoms with Crippen LogP contribution in [0.3, 0.4) is 0 Å². The zero-order valence-corrected chi connectivity index (χ0v) is 14.3. The molecule has 1 fully saturated rings. The van der Waals surface area contributed by atoms with Crippen molar-refractivity contribution in [2.24, 2.45) is 0 Å². The Kier molecular flexibility index (Phi) is 6.32. The van der Waals surface area contributed by atoms with Crippen LogP contribution in [-0.4, -0.2) is 54.7 Å². The molecule has 0 unspecified atom stereocenters. The molecule has 0 aromatic carbocycles. The van der Waals surface area contributed by atoms with E-state index in [0.29, 0.717) is 4.57 Å². The average molecular weight is 348 g/mol. The maximum Gasteiger partial charge on any atom is 1.00 e. The van der Waals surface area contributed by atoms with Gasteiger partial charge in [0, 0.05) is 12.3 Å². The number of ether oxygens (including phenoxy) is 2. The Bertz CT molecular complexity index is 690. The third-order valence-electron chi connectivity index (χ3n) is 2.82. The second kappa shape index (κ2) is 7.05. The van der Waals surface area contributed by atoms with E-state index in [1.807, 2.05) is 4.98 Å². The summed E-state index contributed by atoms with van der Waals surface area (Å²) < 4.78 is 20.9. The van der Waals surface area contributed by atoms with Gasteiger partial charge in [0.25, 0.3) is 11.5 Å². The molecule has 11 nitrogen and oxygen atoms in total. The van der Waals surface area contributed by atoms with Crippen molar-refractivity contribution in [1.29, 1.82) is 0 Å². The molecule has 13 heteroatoms. The molecular formula is C9H14N2NaO9P. The Morgan fingerprint density at radius 3 is 2.73 bits per heavy atom. The van der Waals surface area contributed by atoms with Crippen molar-refractivity contribution in [3.63, 3.8) is 0 Å². The van der Waals surface area contributed by atoms with Gasteiger partial charge in [0.05, 0.1) is 6.61 Å². The molecule has 1 saturated heterocycles. The van der Waals surface area contributed by atoms with Gasteiger partial charge in [-0.05, 0) is 0 Å². The first-order chi connectivity index (χ1) is 9.63. The van der Waals surface area contributed by atoms with Crippen LogP contribution < -0.4 is 40.8 Å². The van der Waals surface area contributed by atoms with Crippen LogP contribution in [-0.2, 0) is 19.9 Å². The molecule has 3 atom stereocenters. The monoisotopic (exact) mass is 348 g/mol. The molecule has 0 amide bonds. The number of aromatic amines is 1. The van der Waals surface area contributed by atoms with E-state index in [2.05, 4.69) is 0 Å². The number of aliphatic hydroxyl groups excluding tert-OH is 1. The van der Waals surface area contributed by atoms with Crippen LogP contribution in [0.2, 0.25) is 0 Å². The fraction of sp³-hybridized carbons (Fsp3) is 0.556. The van der Waals surface area contributed by atoms with Gasteiger partial charge in [-0.2, -0.15) is 0 Å². The molecule has 22 heavy (non-hydrogen) atoms. The van der Waals surface area contributed by atoms with Gasteiger partial charge < -0.3 is 30.9 Å². The minimum absolute atomic E-state index is 0. The zero-order valence-electron chi connectivity index (χ0n) is 12.4. The fourth-order valence-corrected chi connectivity index (χ4v) is 2.22. The van der Waals surface area contributed by atoms with E-state index >= 15 is 0 Å². The third-order valence-corrected chi connectivity index (χ3v) is 3.31. The first-order valence-electron chi connectivity index (χ1n) is 5.66. The summed E-state index contributed by atoms with van der Waals surface area (Å²) in [4.78, 5) is 41.8. The van der Waals surface area contributed by atoms with Gasteiger partial charge in [0.15, 0.2) is 6.10 Å². The molecule has 0 bridgehead atoms. The van der Waals surface area contributed by atoms with Crippen LogP contribution in [0.4, 0.5) is 0 Å². The van der Waals surface area contributed by atoms with Crippen LogP contribution >= 0.6 is 7.60 Å². The Morgan fingerprint density at radius 2 is 2.18 bits per heavy atom. The van der Waals surface area contributed by atoms with Crippen molar-refractivity contribution in [3.05, 3.63) is 33.1 Å². The first kappa shape index (κ1) is 19.7. The number of nitrogens with one attached hydrogen (secondary N) is 1. The minimum atomic E-state index is -4.46. The van der Waals surface area contributed by atoms with Crippen molar-refractivity contribution in [3.8, 4) is 0 Å². The van der Waals surface area contributed by atoms with E-state index in [9.17, 15) is 24.4 Å². The second-order valence-electron chi connectivity index (χ2n) is 4.39. The van der Waals surface area contributed by atoms with Gasteiger partial charge in [-0.25, -0.2) is 9.36 Å². The largest absolute Gasteiger partial charge is 1.00 e. The Balaban J connectivity index is 0.00000242. The van der Waals surface area contributed by atoms with Crippen LogP contribution in [0, 0.1) is 0 Å². The minimum Gasteiger partial charge on any atom is -1.00 e. The molecule has 2 rings (SSSR count). The van der Waals surface area contributed by atoms with E-state index in [4.69, 9.17) is 19.3 Å². The Hall–Kier alpha value is -0.330. The molecular weight excluding hydrogens is 334 g/mol. The molecule has 0 spiro atoms. The average Bonchev–Trinajstić information content (AvgIpc) is 2.63. The van der Waals surface area contributed by atoms with Crippen LogP contribution in [0.15, 0.2) is 21.9 Å². The van der Waals surface area contributed by atoms with Gasteiger partial charge in [-0.3, -0.25) is 14.3 Å². The number of nitrogens with zero attached hydrogens (tertiary/aromatic N) is 1. The molecule has 120 valence electrons. The van der Waals surface area contributed by atoms with E-state index in [0.717, 1.165) is 12.3 Å². The predicted molar refractivity (Wildman–Crippen MR) is 66.4 cm³/mol. The summed E-state index contributed by atoms with van der Waals surface area (Å²) in [6.45, 7) is -0.413. The molecule has 1 aromatic heterocycles. The number of hydrogen-bond acceptors (Lipinski definition) is 7. The summed E-state index contributed by atoms with van der Waals surface area (Å²) in [7, 11) is -4.46. The fourth-order valence-electron chi connectivity index (χ4n) is 1.84. The topological polar surface area (TPSA) is 171 Å². The summed E-state index contributed by atoms with van der Waals surface area (Å²) in [6.07, 6.45) is -3.13. The Labute approximate surface area is 146 Å². The molecule has 1 aliphatic rings.